The number of allylic oxidation sites excluding steroid dienone is 2. The number of hydrogen-bond donors (Lipinski definition) is 0. The van der Waals surface area contributed by atoms with E-state index in [-0.39, 0.29) is 0 Å². The van der Waals surface area contributed by atoms with Crippen LogP contribution in [0.5, 0.6) is 5.75 Å². The van der Waals surface area contributed by atoms with Crippen molar-refractivity contribution in [2.24, 2.45) is 5.92 Å². The van der Waals surface area contributed by atoms with Crippen molar-refractivity contribution >= 4 is 27.1 Å². The Labute approximate surface area is 214 Å². The van der Waals surface area contributed by atoms with E-state index in [1.54, 1.807) is 0 Å². The van der Waals surface area contributed by atoms with Gasteiger partial charge in [-0.3, -0.25) is 4.98 Å². The standard InChI is InChI=1S/C29H39N3O2S/c1-4-5-6-24(21-12-17-33-18-13-21)27(20-32(3)23-7-8-23)34-26-9-14-30-25-19-28(35-29(25)26)22-10-15-31(2)16-11-22/h6,9-10,14,19-21,23H,4-5,7-8,11-13,15-18H2,1-3H3/b24-6+,27-20+. The molecule has 1 saturated heterocycles. The molecule has 0 atom stereocenters. The van der Waals surface area contributed by atoms with Gasteiger partial charge in [-0.25, -0.2) is 0 Å². The fourth-order valence-corrected chi connectivity index (χ4v) is 6.11. The van der Waals surface area contributed by atoms with Crippen LogP contribution in [0, 0.1) is 5.92 Å². The monoisotopic (exact) mass is 493 g/mol. The van der Waals surface area contributed by atoms with Gasteiger partial charge >= 0.3 is 0 Å². The van der Waals surface area contributed by atoms with Crippen LogP contribution in [0.25, 0.3) is 15.8 Å². The molecule has 2 aromatic rings. The lowest BCUT2D eigenvalue weighted by atomic mass is 9.89. The molecule has 5 rings (SSSR count). The van der Waals surface area contributed by atoms with E-state index in [9.17, 15) is 0 Å². The predicted octanol–water partition coefficient (Wildman–Crippen LogP) is 6.48. The predicted molar refractivity (Wildman–Crippen MR) is 146 cm³/mol. The lowest BCUT2D eigenvalue weighted by Crippen LogP contribution is -2.23. The average molecular weight is 494 g/mol. The normalized spacial score (nSPS) is 20.8. The molecule has 0 spiro atoms. The lowest BCUT2D eigenvalue weighted by Gasteiger charge is -2.28. The third-order valence-corrected chi connectivity index (χ3v) is 8.58. The van der Waals surface area contributed by atoms with Crippen molar-refractivity contribution in [2.45, 2.75) is 57.9 Å². The van der Waals surface area contributed by atoms with Gasteiger partial charge in [0, 0.05) is 62.7 Å². The number of aromatic nitrogens is 1. The van der Waals surface area contributed by atoms with E-state index >= 15 is 0 Å². The molecule has 2 aliphatic heterocycles. The average Bonchev–Trinajstić information content (AvgIpc) is 3.64. The summed E-state index contributed by atoms with van der Waals surface area (Å²) in [6.07, 6.45) is 16.9. The molecule has 35 heavy (non-hydrogen) atoms. The maximum absolute atomic E-state index is 6.86. The summed E-state index contributed by atoms with van der Waals surface area (Å²) in [6, 6.07) is 4.92. The number of unbranched alkanes of at least 4 members (excludes halogenated alkanes) is 1. The van der Waals surface area contributed by atoms with Crippen LogP contribution in [-0.4, -0.2) is 61.2 Å². The number of ether oxygens (including phenoxy) is 2. The highest BCUT2D eigenvalue weighted by atomic mass is 32.1. The van der Waals surface area contributed by atoms with Crippen molar-refractivity contribution < 1.29 is 9.47 Å². The minimum atomic E-state index is 0.481. The van der Waals surface area contributed by atoms with Crippen LogP contribution in [0.15, 0.2) is 48.0 Å². The molecule has 1 aliphatic carbocycles. The number of likely N-dealkylation sites (N-methyl/N-ethyl adjacent to an activating group) is 1. The summed E-state index contributed by atoms with van der Waals surface area (Å²) in [7, 11) is 4.38. The summed E-state index contributed by atoms with van der Waals surface area (Å²) in [6.45, 7) is 6.03. The van der Waals surface area contributed by atoms with Crippen LogP contribution in [0.2, 0.25) is 0 Å². The topological polar surface area (TPSA) is 37.8 Å². The zero-order valence-corrected chi connectivity index (χ0v) is 22.3. The maximum Gasteiger partial charge on any atom is 0.148 e. The van der Waals surface area contributed by atoms with Crippen LogP contribution in [0.4, 0.5) is 0 Å². The van der Waals surface area contributed by atoms with E-state index in [4.69, 9.17) is 14.5 Å². The Morgan fingerprint density at radius 3 is 2.83 bits per heavy atom. The Hall–Kier alpha value is -2.15. The molecule has 0 bridgehead atoms. The minimum absolute atomic E-state index is 0.481. The number of hydrogen-bond acceptors (Lipinski definition) is 6. The van der Waals surface area contributed by atoms with Gasteiger partial charge in [0.1, 0.15) is 11.5 Å². The van der Waals surface area contributed by atoms with Crippen molar-refractivity contribution in [1.29, 1.82) is 0 Å². The molecule has 3 aliphatic rings. The summed E-state index contributed by atoms with van der Waals surface area (Å²) in [4.78, 5) is 10.7. The first-order chi connectivity index (χ1) is 17.1. The lowest BCUT2D eigenvalue weighted by molar-refractivity contribution is 0.0750. The maximum atomic E-state index is 6.86. The van der Waals surface area contributed by atoms with Gasteiger partial charge in [0.15, 0.2) is 0 Å². The summed E-state index contributed by atoms with van der Waals surface area (Å²) in [5.41, 5.74) is 3.82. The molecule has 0 aromatic carbocycles. The van der Waals surface area contributed by atoms with Crippen molar-refractivity contribution in [2.75, 3.05) is 40.4 Å². The van der Waals surface area contributed by atoms with Gasteiger partial charge in [-0.15, -0.1) is 11.3 Å². The highest BCUT2D eigenvalue weighted by Gasteiger charge is 2.28. The van der Waals surface area contributed by atoms with Crippen molar-refractivity contribution in [1.82, 2.24) is 14.8 Å². The third-order valence-electron chi connectivity index (χ3n) is 7.37. The second-order valence-corrected chi connectivity index (χ2v) is 11.3. The second kappa shape index (κ2) is 11.3. The zero-order chi connectivity index (χ0) is 24.2. The molecule has 1 saturated carbocycles. The van der Waals surface area contributed by atoms with Gasteiger partial charge in [0.2, 0.25) is 0 Å². The molecular weight excluding hydrogens is 454 g/mol. The first kappa shape index (κ1) is 24.5. The number of fused-ring (bicyclic) bond motifs is 1. The van der Waals surface area contributed by atoms with E-state index in [0.29, 0.717) is 12.0 Å². The molecule has 0 unspecified atom stereocenters. The van der Waals surface area contributed by atoms with Crippen LogP contribution >= 0.6 is 11.3 Å². The highest BCUT2D eigenvalue weighted by Crippen LogP contribution is 2.40. The quantitative estimate of drug-likeness (QED) is 0.295. The van der Waals surface area contributed by atoms with Gasteiger partial charge in [0.05, 0.1) is 10.2 Å². The largest absolute Gasteiger partial charge is 0.454 e. The number of thiophene rings is 1. The molecular formula is C29H39N3O2S. The molecule has 2 aromatic heterocycles. The summed E-state index contributed by atoms with van der Waals surface area (Å²) in [5, 5.41) is 0. The van der Waals surface area contributed by atoms with Crippen LogP contribution in [0.1, 0.15) is 56.7 Å². The molecule has 0 amide bonds. The Morgan fingerprint density at radius 1 is 1.29 bits per heavy atom. The fraction of sp³-hybridized carbons (Fsp3) is 0.552. The Balaban J connectivity index is 1.49. The molecule has 0 radical (unpaired) electrons. The fourth-order valence-electron chi connectivity index (χ4n) is 4.98. The summed E-state index contributed by atoms with van der Waals surface area (Å²) >= 11 is 1.82. The minimum Gasteiger partial charge on any atom is -0.454 e. The van der Waals surface area contributed by atoms with Crippen molar-refractivity contribution in [3.8, 4) is 5.75 Å². The molecule has 5 nitrogen and oxygen atoms in total. The number of rotatable bonds is 9. The highest BCUT2D eigenvalue weighted by molar-refractivity contribution is 7.20. The van der Waals surface area contributed by atoms with E-state index in [1.165, 1.54) is 28.9 Å². The summed E-state index contributed by atoms with van der Waals surface area (Å²) in [5.74, 6) is 2.40. The van der Waals surface area contributed by atoms with Gasteiger partial charge in [-0.05, 0) is 68.7 Å². The second-order valence-electron chi connectivity index (χ2n) is 10.2. The van der Waals surface area contributed by atoms with Gasteiger partial charge in [0.25, 0.3) is 0 Å². The molecule has 6 heteroatoms. The van der Waals surface area contributed by atoms with E-state index in [0.717, 1.165) is 80.1 Å². The smallest absolute Gasteiger partial charge is 0.148 e. The van der Waals surface area contributed by atoms with Gasteiger partial charge in [-0.1, -0.05) is 25.5 Å². The van der Waals surface area contributed by atoms with E-state index < -0.39 is 0 Å². The Bertz CT molecular complexity index is 1110. The van der Waals surface area contributed by atoms with Gasteiger partial charge in [-0.2, -0.15) is 0 Å². The SMILES string of the molecule is CCC/C=C(/C(=C\N(C)C1CC1)Oc1ccnc2cc(C3=CCN(C)CC3)sc12)C1CCOCC1. The molecule has 4 heterocycles. The van der Waals surface area contributed by atoms with Gasteiger partial charge < -0.3 is 19.3 Å². The summed E-state index contributed by atoms with van der Waals surface area (Å²) < 4.78 is 13.7. The van der Waals surface area contributed by atoms with Crippen LogP contribution in [-0.2, 0) is 4.74 Å². The first-order valence-electron chi connectivity index (χ1n) is 13.3. The zero-order valence-electron chi connectivity index (χ0n) is 21.5. The Morgan fingerprint density at radius 2 is 2.11 bits per heavy atom. The molecule has 188 valence electrons. The van der Waals surface area contributed by atoms with E-state index in [2.05, 4.69) is 55.2 Å². The van der Waals surface area contributed by atoms with Crippen LogP contribution < -0.4 is 4.74 Å². The van der Waals surface area contributed by atoms with E-state index in [1.807, 2.05) is 23.6 Å². The van der Waals surface area contributed by atoms with Crippen molar-refractivity contribution in [3.63, 3.8) is 0 Å². The Kier molecular flexibility index (Phi) is 7.91. The molecule has 2 fully saturated rings. The number of nitrogens with zero attached hydrogens (tertiary/aromatic N) is 3. The number of pyridine rings is 1. The van der Waals surface area contributed by atoms with Crippen molar-refractivity contribution in [3.05, 3.63) is 52.9 Å². The third kappa shape index (κ3) is 5.99. The first-order valence-corrected chi connectivity index (χ1v) is 14.1. The molecule has 0 N–H and O–H groups in total. The van der Waals surface area contributed by atoms with Crippen LogP contribution in [0.3, 0.4) is 0 Å².